The van der Waals surface area contributed by atoms with Crippen molar-refractivity contribution in [3.63, 3.8) is 0 Å². The topological polar surface area (TPSA) is 73.3 Å². The lowest BCUT2D eigenvalue weighted by molar-refractivity contribution is 0.0592. The summed E-state index contributed by atoms with van der Waals surface area (Å²) in [5.41, 5.74) is 3.20. The fourth-order valence-electron chi connectivity index (χ4n) is 2.90. The van der Waals surface area contributed by atoms with E-state index < -0.39 is 0 Å². The van der Waals surface area contributed by atoms with E-state index in [9.17, 15) is 9.59 Å². The molecule has 4 aromatic rings. The van der Waals surface area contributed by atoms with Gasteiger partial charge in [0.15, 0.2) is 0 Å². The van der Waals surface area contributed by atoms with Gasteiger partial charge in [0, 0.05) is 28.9 Å². The Bertz CT molecular complexity index is 1210. The second-order valence-electron chi connectivity index (χ2n) is 6.20. The molecule has 0 aliphatic heterocycles. The number of fused-ring (bicyclic) bond motifs is 2. The molecule has 0 amide bonds. The highest BCUT2D eigenvalue weighted by Gasteiger charge is 2.09. The first-order valence-electron chi connectivity index (χ1n) is 8.54. The van der Waals surface area contributed by atoms with Gasteiger partial charge in [0.05, 0.1) is 34.6 Å². The summed E-state index contributed by atoms with van der Waals surface area (Å²) in [6, 6.07) is 14.8. The summed E-state index contributed by atoms with van der Waals surface area (Å²) in [5.74, 6) is -0.624. The zero-order chi connectivity index (χ0) is 21.1. The Hall–Kier alpha value is -2.58. The highest BCUT2D eigenvalue weighted by molar-refractivity contribution is 9.10. The van der Waals surface area contributed by atoms with E-state index in [0.717, 1.165) is 31.0 Å². The molecule has 0 bridgehead atoms. The summed E-state index contributed by atoms with van der Waals surface area (Å²) in [7, 11) is 4.72. The number of H-pyrrole nitrogens is 1. The van der Waals surface area contributed by atoms with Crippen molar-refractivity contribution in [1.82, 2.24) is 9.55 Å². The molecule has 0 atom stereocenters. The SMILES string of the molecule is COC(=O)c1ccc2[nH]c(Br)cc2c1.COC(=O)c1ccc2c(c1)cc(Br)n2C. The van der Waals surface area contributed by atoms with E-state index in [4.69, 9.17) is 0 Å². The van der Waals surface area contributed by atoms with Crippen LogP contribution in [-0.4, -0.2) is 35.7 Å². The number of rotatable bonds is 2. The average Bonchev–Trinajstić information content (AvgIpc) is 3.24. The normalized spacial score (nSPS) is 10.5. The lowest BCUT2D eigenvalue weighted by Crippen LogP contribution is -2.00. The molecule has 0 fully saturated rings. The summed E-state index contributed by atoms with van der Waals surface area (Å²) in [4.78, 5) is 25.6. The van der Waals surface area contributed by atoms with Crippen LogP contribution in [0.3, 0.4) is 0 Å². The molecule has 8 heteroatoms. The molecular weight excluding hydrogens is 504 g/mol. The van der Waals surface area contributed by atoms with Crippen LogP contribution in [0.1, 0.15) is 20.7 Å². The number of aryl methyl sites for hydroxylation is 1. The van der Waals surface area contributed by atoms with Crippen LogP contribution in [-0.2, 0) is 16.5 Å². The van der Waals surface area contributed by atoms with E-state index in [1.807, 2.05) is 41.9 Å². The Balaban J connectivity index is 0.000000166. The number of carbonyl (C=O) groups excluding carboxylic acids is 2. The van der Waals surface area contributed by atoms with Gasteiger partial charge in [-0.1, -0.05) is 0 Å². The molecule has 1 N–H and O–H groups in total. The molecule has 6 nitrogen and oxygen atoms in total. The quantitative estimate of drug-likeness (QED) is 0.356. The Morgan fingerprint density at radius 2 is 1.45 bits per heavy atom. The van der Waals surface area contributed by atoms with Crippen molar-refractivity contribution in [3.8, 4) is 0 Å². The molecule has 2 aromatic heterocycles. The first-order chi connectivity index (χ1) is 13.8. The number of hydrogen-bond acceptors (Lipinski definition) is 4. The molecular formula is C21H18Br2N2O4. The van der Waals surface area contributed by atoms with Crippen molar-refractivity contribution in [2.24, 2.45) is 7.05 Å². The molecule has 0 aliphatic rings. The predicted octanol–water partition coefficient (Wildman–Crippen LogP) is 5.44. The Kier molecular flexibility index (Phi) is 6.44. The molecule has 0 saturated heterocycles. The van der Waals surface area contributed by atoms with Crippen LogP contribution in [0.15, 0.2) is 57.7 Å². The predicted molar refractivity (Wildman–Crippen MR) is 119 cm³/mol. The van der Waals surface area contributed by atoms with Crippen LogP contribution >= 0.6 is 31.9 Å². The van der Waals surface area contributed by atoms with E-state index in [0.29, 0.717) is 11.1 Å². The van der Waals surface area contributed by atoms with Crippen molar-refractivity contribution in [1.29, 1.82) is 0 Å². The van der Waals surface area contributed by atoms with Crippen molar-refractivity contribution in [2.45, 2.75) is 0 Å². The number of ether oxygens (including phenoxy) is 2. The number of methoxy groups -OCH3 is 2. The van der Waals surface area contributed by atoms with Gasteiger partial charge in [-0.2, -0.15) is 0 Å². The average molecular weight is 522 g/mol. The zero-order valence-electron chi connectivity index (χ0n) is 16.0. The molecule has 29 heavy (non-hydrogen) atoms. The maximum absolute atomic E-state index is 11.3. The van der Waals surface area contributed by atoms with Gasteiger partial charge >= 0.3 is 11.9 Å². The van der Waals surface area contributed by atoms with Gasteiger partial charge in [-0.3, -0.25) is 0 Å². The minimum atomic E-state index is -0.316. The van der Waals surface area contributed by atoms with Crippen LogP contribution in [0.4, 0.5) is 0 Å². The van der Waals surface area contributed by atoms with Crippen molar-refractivity contribution in [3.05, 3.63) is 68.9 Å². The first-order valence-corrected chi connectivity index (χ1v) is 10.1. The van der Waals surface area contributed by atoms with Crippen molar-refractivity contribution < 1.29 is 19.1 Å². The maximum atomic E-state index is 11.3. The molecule has 2 aromatic carbocycles. The molecule has 0 unspecified atom stereocenters. The molecule has 0 saturated carbocycles. The van der Waals surface area contributed by atoms with Gasteiger partial charge in [0.1, 0.15) is 0 Å². The van der Waals surface area contributed by atoms with Crippen LogP contribution in [0.2, 0.25) is 0 Å². The number of aromatic amines is 1. The molecule has 2 heterocycles. The highest BCUT2D eigenvalue weighted by atomic mass is 79.9. The van der Waals surface area contributed by atoms with E-state index in [-0.39, 0.29) is 11.9 Å². The molecule has 0 aliphatic carbocycles. The van der Waals surface area contributed by atoms with E-state index in [2.05, 4.69) is 46.3 Å². The van der Waals surface area contributed by atoms with Gasteiger partial charge in [0.25, 0.3) is 0 Å². The number of nitrogens with one attached hydrogen (secondary N) is 1. The van der Waals surface area contributed by atoms with Gasteiger partial charge in [-0.05, 0) is 80.4 Å². The molecule has 4 rings (SSSR count). The van der Waals surface area contributed by atoms with E-state index in [1.165, 1.54) is 14.2 Å². The second-order valence-corrected chi connectivity index (χ2v) is 7.87. The Labute approximate surface area is 184 Å². The number of halogens is 2. The van der Waals surface area contributed by atoms with Gasteiger partial charge in [-0.25, -0.2) is 9.59 Å². The van der Waals surface area contributed by atoms with Crippen LogP contribution in [0.25, 0.3) is 21.8 Å². The molecule has 0 radical (unpaired) electrons. The van der Waals surface area contributed by atoms with Gasteiger partial charge < -0.3 is 19.0 Å². The van der Waals surface area contributed by atoms with Crippen LogP contribution < -0.4 is 0 Å². The van der Waals surface area contributed by atoms with E-state index in [1.54, 1.807) is 18.2 Å². The summed E-state index contributed by atoms with van der Waals surface area (Å²) < 4.78 is 13.2. The minimum absolute atomic E-state index is 0.308. The third kappa shape index (κ3) is 4.54. The smallest absolute Gasteiger partial charge is 0.337 e. The fraction of sp³-hybridized carbons (Fsp3) is 0.143. The van der Waals surface area contributed by atoms with Crippen molar-refractivity contribution in [2.75, 3.05) is 14.2 Å². The summed E-state index contributed by atoms with van der Waals surface area (Å²) in [5, 5.41) is 2.01. The number of nitrogens with zero attached hydrogens (tertiary/aromatic N) is 1. The number of carbonyl (C=O) groups is 2. The number of benzene rings is 2. The number of hydrogen-bond donors (Lipinski definition) is 1. The van der Waals surface area contributed by atoms with E-state index >= 15 is 0 Å². The summed E-state index contributed by atoms with van der Waals surface area (Å²) in [6.07, 6.45) is 0. The third-order valence-electron chi connectivity index (χ3n) is 4.41. The monoisotopic (exact) mass is 520 g/mol. The summed E-state index contributed by atoms with van der Waals surface area (Å²) in [6.45, 7) is 0. The summed E-state index contributed by atoms with van der Waals surface area (Å²) >= 11 is 6.77. The lowest BCUT2D eigenvalue weighted by atomic mass is 10.1. The first kappa shape index (κ1) is 21.1. The molecule has 150 valence electrons. The molecule has 0 spiro atoms. The van der Waals surface area contributed by atoms with Gasteiger partial charge in [0.2, 0.25) is 0 Å². The number of aromatic nitrogens is 2. The number of esters is 2. The third-order valence-corrected chi connectivity index (χ3v) is 5.60. The highest BCUT2D eigenvalue weighted by Crippen LogP contribution is 2.24. The maximum Gasteiger partial charge on any atom is 0.337 e. The van der Waals surface area contributed by atoms with Crippen LogP contribution in [0, 0.1) is 0 Å². The largest absolute Gasteiger partial charge is 0.465 e. The Morgan fingerprint density at radius 3 is 2.07 bits per heavy atom. The van der Waals surface area contributed by atoms with Crippen molar-refractivity contribution >= 4 is 65.6 Å². The zero-order valence-corrected chi connectivity index (χ0v) is 19.1. The fourth-order valence-corrected chi connectivity index (χ4v) is 3.80. The lowest BCUT2D eigenvalue weighted by Gasteiger charge is -2.00. The standard InChI is InChI=1S/C11H10BrNO2.C10H8BrNO2/c1-13-9-4-3-7(11(14)15-2)5-8(9)6-10(13)12;1-14-10(13)6-2-3-8-7(4-6)5-9(11)12-8/h3-6H,1-2H3;2-5,12H,1H3. The van der Waals surface area contributed by atoms with Crippen LogP contribution in [0.5, 0.6) is 0 Å². The van der Waals surface area contributed by atoms with Gasteiger partial charge in [-0.15, -0.1) is 0 Å². The minimum Gasteiger partial charge on any atom is -0.465 e. The second kappa shape index (κ2) is 8.84. The Morgan fingerprint density at radius 1 is 0.862 bits per heavy atom.